The molecule has 2 rings (SSSR count). The van der Waals surface area contributed by atoms with Crippen molar-refractivity contribution in [1.29, 1.82) is 0 Å². The molecule has 4 heteroatoms. The zero-order valence-electron chi connectivity index (χ0n) is 12.5. The van der Waals surface area contributed by atoms with Crippen molar-refractivity contribution >= 4 is 17.6 Å². The fourth-order valence-electron chi connectivity index (χ4n) is 2.13. The highest BCUT2D eigenvalue weighted by Crippen LogP contribution is 2.13. The van der Waals surface area contributed by atoms with Crippen molar-refractivity contribution in [3.05, 3.63) is 65.2 Å². The first-order chi connectivity index (χ1) is 10.6. The molecule has 2 aromatic rings. The number of nitrogens with one attached hydrogen (secondary N) is 1. The second-order valence-corrected chi connectivity index (χ2v) is 5.12. The highest BCUT2D eigenvalue weighted by molar-refractivity contribution is 6.04. The summed E-state index contributed by atoms with van der Waals surface area (Å²) in [4.78, 5) is 23.0. The van der Waals surface area contributed by atoms with Gasteiger partial charge in [0.25, 0.3) is 5.91 Å². The van der Waals surface area contributed by atoms with Gasteiger partial charge < -0.3 is 15.2 Å². The van der Waals surface area contributed by atoms with Gasteiger partial charge in [-0.15, -0.1) is 0 Å². The van der Waals surface area contributed by atoms with Crippen LogP contribution >= 0.6 is 0 Å². The quantitative estimate of drug-likeness (QED) is 0.891. The summed E-state index contributed by atoms with van der Waals surface area (Å²) in [7, 11) is 0. The first-order valence-corrected chi connectivity index (χ1v) is 7.32. The van der Waals surface area contributed by atoms with Crippen LogP contribution < -0.4 is 10.4 Å². The zero-order valence-corrected chi connectivity index (χ0v) is 12.5. The van der Waals surface area contributed by atoms with Gasteiger partial charge in [-0.3, -0.25) is 4.79 Å². The highest BCUT2D eigenvalue weighted by Gasteiger charge is 2.06. The molecule has 0 unspecified atom stereocenters. The lowest BCUT2D eigenvalue weighted by Gasteiger charge is -2.08. The molecule has 0 saturated heterocycles. The summed E-state index contributed by atoms with van der Waals surface area (Å²) in [6, 6.07) is 13.5. The van der Waals surface area contributed by atoms with Crippen molar-refractivity contribution in [2.45, 2.75) is 26.2 Å². The summed E-state index contributed by atoms with van der Waals surface area (Å²) in [6.45, 7) is 2.14. The average molecular weight is 296 g/mol. The number of carboxylic acid groups (broad SMARTS) is 1. The Kier molecular flexibility index (Phi) is 5.31. The predicted molar refractivity (Wildman–Crippen MR) is 83.8 cm³/mol. The molecule has 4 nitrogen and oxygen atoms in total. The topological polar surface area (TPSA) is 69.2 Å². The van der Waals surface area contributed by atoms with Gasteiger partial charge in [0.15, 0.2) is 0 Å². The maximum Gasteiger partial charge on any atom is 0.255 e. The summed E-state index contributed by atoms with van der Waals surface area (Å²) >= 11 is 0. The molecule has 0 saturated carbocycles. The summed E-state index contributed by atoms with van der Waals surface area (Å²) in [5.41, 5.74) is 2.21. The van der Waals surface area contributed by atoms with Crippen molar-refractivity contribution in [3.63, 3.8) is 0 Å². The third-order valence-corrected chi connectivity index (χ3v) is 3.39. The maximum absolute atomic E-state index is 12.1. The minimum atomic E-state index is -1.27. The van der Waals surface area contributed by atoms with Gasteiger partial charge in [0.2, 0.25) is 0 Å². The van der Waals surface area contributed by atoms with E-state index in [2.05, 4.69) is 12.2 Å². The van der Waals surface area contributed by atoms with Gasteiger partial charge >= 0.3 is 0 Å². The van der Waals surface area contributed by atoms with Crippen LogP contribution in [0.15, 0.2) is 48.5 Å². The third kappa shape index (κ3) is 4.19. The van der Waals surface area contributed by atoms with E-state index in [1.54, 1.807) is 24.3 Å². The van der Waals surface area contributed by atoms with E-state index in [1.807, 2.05) is 12.1 Å². The molecule has 0 aliphatic carbocycles. The lowest BCUT2D eigenvalue weighted by molar-refractivity contribution is -0.255. The van der Waals surface area contributed by atoms with E-state index >= 15 is 0 Å². The third-order valence-electron chi connectivity index (χ3n) is 3.39. The molecule has 0 spiro atoms. The number of benzene rings is 2. The van der Waals surface area contributed by atoms with E-state index in [0.29, 0.717) is 11.3 Å². The number of aromatic carboxylic acids is 1. The predicted octanol–water partition coefficient (Wildman–Crippen LogP) is 2.65. The van der Waals surface area contributed by atoms with E-state index in [1.165, 1.54) is 17.7 Å². The van der Waals surface area contributed by atoms with Crippen LogP contribution in [0.2, 0.25) is 0 Å². The maximum atomic E-state index is 12.1. The van der Waals surface area contributed by atoms with E-state index in [0.717, 1.165) is 19.3 Å². The number of hydrogen-bond acceptors (Lipinski definition) is 3. The number of amides is 1. The lowest BCUT2D eigenvalue weighted by Crippen LogP contribution is -2.22. The average Bonchev–Trinajstić information content (AvgIpc) is 2.53. The number of carboxylic acids is 1. The molecule has 22 heavy (non-hydrogen) atoms. The van der Waals surface area contributed by atoms with E-state index in [4.69, 9.17) is 0 Å². The summed E-state index contributed by atoms with van der Waals surface area (Å²) < 4.78 is 0. The lowest BCUT2D eigenvalue weighted by atomic mass is 10.1. The largest absolute Gasteiger partial charge is 0.545 e. The van der Waals surface area contributed by atoms with Crippen molar-refractivity contribution in [1.82, 2.24) is 0 Å². The molecule has 0 heterocycles. The highest BCUT2D eigenvalue weighted by atomic mass is 16.4. The first-order valence-electron chi connectivity index (χ1n) is 7.32. The van der Waals surface area contributed by atoms with Crippen molar-refractivity contribution in [3.8, 4) is 0 Å². The van der Waals surface area contributed by atoms with Crippen LogP contribution in [-0.2, 0) is 6.42 Å². The number of aryl methyl sites for hydroxylation is 1. The second-order valence-electron chi connectivity index (χ2n) is 5.12. The van der Waals surface area contributed by atoms with Gasteiger partial charge in [-0.2, -0.15) is 0 Å². The van der Waals surface area contributed by atoms with Gasteiger partial charge in [-0.25, -0.2) is 0 Å². The molecule has 114 valence electrons. The Morgan fingerprint density at radius 1 is 1.05 bits per heavy atom. The fourth-order valence-corrected chi connectivity index (χ4v) is 2.13. The summed E-state index contributed by atoms with van der Waals surface area (Å²) in [5.74, 6) is -1.53. The molecule has 0 aromatic heterocycles. The van der Waals surface area contributed by atoms with Gasteiger partial charge in [-0.1, -0.05) is 37.6 Å². The molecule has 0 aliphatic rings. The van der Waals surface area contributed by atoms with Crippen LogP contribution in [-0.4, -0.2) is 11.9 Å². The minimum absolute atomic E-state index is 0.0349. The zero-order chi connectivity index (χ0) is 15.9. The van der Waals surface area contributed by atoms with Crippen molar-refractivity contribution < 1.29 is 14.7 Å². The Morgan fingerprint density at radius 3 is 2.41 bits per heavy atom. The Hall–Kier alpha value is -2.62. The Morgan fingerprint density at radius 2 is 1.77 bits per heavy atom. The fraction of sp³-hybridized carbons (Fsp3) is 0.222. The monoisotopic (exact) mass is 296 g/mol. The van der Waals surface area contributed by atoms with Gasteiger partial charge in [0.05, 0.1) is 5.97 Å². The molecule has 0 radical (unpaired) electrons. The number of unbranched alkanes of at least 4 members (excludes halogenated alkanes) is 1. The van der Waals surface area contributed by atoms with Gasteiger partial charge in [-0.05, 0) is 48.2 Å². The summed E-state index contributed by atoms with van der Waals surface area (Å²) in [5, 5.41) is 13.5. The van der Waals surface area contributed by atoms with E-state index < -0.39 is 5.97 Å². The van der Waals surface area contributed by atoms with Crippen LogP contribution in [0.3, 0.4) is 0 Å². The second kappa shape index (κ2) is 7.41. The van der Waals surface area contributed by atoms with Gasteiger partial charge in [0.1, 0.15) is 0 Å². The van der Waals surface area contributed by atoms with E-state index in [9.17, 15) is 14.7 Å². The van der Waals surface area contributed by atoms with Crippen LogP contribution in [0.25, 0.3) is 0 Å². The SMILES string of the molecule is CCCCc1ccc(C(=O)Nc2cccc(C(=O)[O-])c2)cc1. The molecule has 0 bridgehead atoms. The van der Waals surface area contributed by atoms with Crippen LogP contribution in [0.5, 0.6) is 0 Å². The summed E-state index contributed by atoms with van der Waals surface area (Å²) in [6.07, 6.45) is 3.27. The molecule has 1 N–H and O–H groups in total. The van der Waals surface area contributed by atoms with Crippen LogP contribution in [0.4, 0.5) is 5.69 Å². The molecule has 0 fully saturated rings. The Balaban J connectivity index is 2.05. The molecular weight excluding hydrogens is 278 g/mol. The molecule has 0 atom stereocenters. The normalized spacial score (nSPS) is 10.2. The van der Waals surface area contributed by atoms with Crippen molar-refractivity contribution in [2.75, 3.05) is 5.32 Å². The number of anilines is 1. The number of carbonyl (C=O) groups excluding carboxylic acids is 2. The van der Waals surface area contributed by atoms with Crippen LogP contribution in [0.1, 0.15) is 46.0 Å². The Labute approximate surface area is 129 Å². The molecule has 0 aliphatic heterocycles. The smallest absolute Gasteiger partial charge is 0.255 e. The van der Waals surface area contributed by atoms with E-state index in [-0.39, 0.29) is 11.5 Å². The standard InChI is InChI=1S/C18H19NO3/c1-2-3-5-13-8-10-14(11-9-13)17(20)19-16-7-4-6-15(12-16)18(21)22/h4,6-12H,2-3,5H2,1H3,(H,19,20)(H,21,22)/p-1. The number of rotatable bonds is 6. The Bertz CT molecular complexity index is 662. The van der Waals surface area contributed by atoms with Crippen LogP contribution in [0, 0.1) is 0 Å². The first kappa shape index (κ1) is 15.8. The number of hydrogen-bond donors (Lipinski definition) is 1. The van der Waals surface area contributed by atoms with Gasteiger partial charge in [0, 0.05) is 11.3 Å². The molecular formula is C18H18NO3-. The molecule has 1 amide bonds. The minimum Gasteiger partial charge on any atom is -0.545 e. The molecule has 2 aromatic carbocycles. The number of carbonyl (C=O) groups is 2. The van der Waals surface area contributed by atoms with Crippen molar-refractivity contribution in [2.24, 2.45) is 0 Å².